The molecule has 0 aromatic heterocycles. The van der Waals surface area contributed by atoms with Crippen molar-refractivity contribution in [2.45, 2.75) is 44.1 Å². The molecule has 8 heteroatoms. The number of hydrogen-bond donors (Lipinski definition) is 2. The van der Waals surface area contributed by atoms with Crippen molar-refractivity contribution in [3.05, 3.63) is 0 Å². The second-order valence-corrected chi connectivity index (χ2v) is 4.06. The van der Waals surface area contributed by atoms with Crippen LogP contribution in [-0.2, 0) is 14.3 Å². The molecule has 2 atom stereocenters. The second-order valence-electron chi connectivity index (χ2n) is 4.06. The second kappa shape index (κ2) is 6.03. The standard InChI is InChI=1S/C10H14F3NO4/c11-10(12,13)9(17)14-5-1-2-6-3-4-7(18-6)8(15)16/h6-7H,1-5H2,(H,14,17)(H,15,16). The van der Waals surface area contributed by atoms with Gasteiger partial charge in [-0.25, -0.2) is 4.79 Å². The lowest BCUT2D eigenvalue weighted by Crippen LogP contribution is -2.37. The van der Waals surface area contributed by atoms with Crippen molar-refractivity contribution >= 4 is 11.9 Å². The van der Waals surface area contributed by atoms with Crippen LogP contribution in [0.2, 0.25) is 0 Å². The normalized spacial score (nSPS) is 23.9. The minimum Gasteiger partial charge on any atom is -0.479 e. The van der Waals surface area contributed by atoms with Gasteiger partial charge in [-0.1, -0.05) is 0 Å². The summed E-state index contributed by atoms with van der Waals surface area (Å²) in [6, 6.07) is 0. The fourth-order valence-corrected chi connectivity index (χ4v) is 1.73. The maximum atomic E-state index is 11.8. The van der Waals surface area contributed by atoms with Crippen molar-refractivity contribution < 1.29 is 32.6 Å². The van der Waals surface area contributed by atoms with Gasteiger partial charge in [0.1, 0.15) is 0 Å². The number of aliphatic carboxylic acids is 1. The van der Waals surface area contributed by atoms with Gasteiger partial charge in [-0.2, -0.15) is 13.2 Å². The van der Waals surface area contributed by atoms with E-state index in [4.69, 9.17) is 9.84 Å². The molecule has 0 bridgehead atoms. The van der Waals surface area contributed by atoms with E-state index in [0.29, 0.717) is 25.7 Å². The van der Waals surface area contributed by atoms with Crippen LogP contribution >= 0.6 is 0 Å². The fourth-order valence-electron chi connectivity index (χ4n) is 1.73. The molecular weight excluding hydrogens is 255 g/mol. The Morgan fingerprint density at radius 3 is 2.50 bits per heavy atom. The minimum absolute atomic E-state index is 0.101. The Labute approximate surface area is 101 Å². The Kier molecular flexibility index (Phi) is 4.94. The van der Waals surface area contributed by atoms with E-state index in [-0.39, 0.29) is 12.6 Å². The van der Waals surface area contributed by atoms with Gasteiger partial charge < -0.3 is 15.2 Å². The molecule has 5 nitrogen and oxygen atoms in total. The monoisotopic (exact) mass is 269 g/mol. The minimum atomic E-state index is -4.86. The number of halogens is 3. The molecule has 104 valence electrons. The van der Waals surface area contributed by atoms with E-state index in [9.17, 15) is 22.8 Å². The summed E-state index contributed by atoms with van der Waals surface area (Å²) < 4.78 is 40.6. The molecule has 2 unspecified atom stereocenters. The molecule has 0 radical (unpaired) electrons. The number of amides is 1. The first-order valence-corrected chi connectivity index (χ1v) is 5.54. The third-order valence-corrected chi connectivity index (χ3v) is 2.63. The van der Waals surface area contributed by atoms with Gasteiger partial charge in [0.15, 0.2) is 6.10 Å². The van der Waals surface area contributed by atoms with Crippen molar-refractivity contribution in [3.8, 4) is 0 Å². The first-order valence-electron chi connectivity index (χ1n) is 5.54. The molecule has 18 heavy (non-hydrogen) atoms. The molecule has 1 heterocycles. The van der Waals surface area contributed by atoms with Crippen molar-refractivity contribution in [1.29, 1.82) is 0 Å². The Morgan fingerprint density at radius 1 is 1.33 bits per heavy atom. The van der Waals surface area contributed by atoms with E-state index in [1.165, 1.54) is 0 Å². The molecule has 1 amide bonds. The molecule has 0 aromatic carbocycles. The summed E-state index contributed by atoms with van der Waals surface area (Å²) in [5.41, 5.74) is 0. The van der Waals surface area contributed by atoms with Crippen LogP contribution in [0.4, 0.5) is 13.2 Å². The summed E-state index contributed by atoms with van der Waals surface area (Å²) in [4.78, 5) is 21.0. The molecule has 1 fully saturated rings. The lowest BCUT2D eigenvalue weighted by Gasteiger charge is -2.11. The van der Waals surface area contributed by atoms with Gasteiger partial charge in [0, 0.05) is 6.54 Å². The van der Waals surface area contributed by atoms with Crippen LogP contribution in [0.25, 0.3) is 0 Å². The molecule has 0 spiro atoms. The fraction of sp³-hybridized carbons (Fsp3) is 0.800. The number of carbonyl (C=O) groups excluding carboxylic acids is 1. The van der Waals surface area contributed by atoms with Crippen molar-refractivity contribution in [1.82, 2.24) is 5.32 Å². The SMILES string of the molecule is O=C(O)C1CCC(CCCNC(=O)C(F)(F)F)O1. The molecule has 1 rings (SSSR count). The van der Waals surface area contributed by atoms with Crippen molar-refractivity contribution in [2.24, 2.45) is 0 Å². The highest BCUT2D eigenvalue weighted by Crippen LogP contribution is 2.23. The van der Waals surface area contributed by atoms with E-state index in [2.05, 4.69) is 0 Å². The summed E-state index contributed by atoms with van der Waals surface area (Å²) >= 11 is 0. The zero-order valence-electron chi connectivity index (χ0n) is 9.50. The van der Waals surface area contributed by atoms with E-state index in [0.717, 1.165) is 0 Å². The first kappa shape index (κ1) is 14.7. The lowest BCUT2D eigenvalue weighted by molar-refractivity contribution is -0.173. The number of rotatable bonds is 5. The largest absolute Gasteiger partial charge is 0.479 e. The van der Waals surface area contributed by atoms with Gasteiger partial charge in [0.2, 0.25) is 0 Å². The maximum Gasteiger partial charge on any atom is 0.471 e. The molecule has 1 saturated heterocycles. The summed E-state index contributed by atoms with van der Waals surface area (Å²) in [5, 5.41) is 10.4. The highest BCUT2D eigenvalue weighted by molar-refractivity contribution is 5.81. The summed E-state index contributed by atoms with van der Waals surface area (Å²) in [6.07, 6.45) is -4.20. The van der Waals surface area contributed by atoms with E-state index < -0.39 is 24.2 Å². The molecule has 1 aliphatic rings. The quantitative estimate of drug-likeness (QED) is 0.732. The first-order chi connectivity index (χ1) is 8.30. The van der Waals surface area contributed by atoms with E-state index in [1.54, 1.807) is 5.32 Å². The Morgan fingerprint density at radius 2 is 2.00 bits per heavy atom. The predicted molar refractivity (Wildman–Crippen MR) is 53.8 cm³/mol. The van der Waals surface area contributed by atoms with Gasteiger partial charge in [-0.3, -0.25) is 4.79 Å². The van der Waals surface area contributed by atoms with Gasteiger partial charge in [0.05, 0.1) is 6.10 Å². The van der Waals surface area contributed by atoms with Gasteiger partial charge in [-0.15, -0.1) is 0 Å². The van der Waals surface area contributed by atoms with Gasteiger partial charge in [-0.05, 0) is 25.7 Å². The zero-order chi connectivity index (χ0) is 13.8. The average molecular weight is 269 g/mol. The average Bonchev–Trinajstić information content (AvgIpc) is 2.71. The zero-order valence-corrected chi connectivity index (χ0v) is 9.50. The third-order valence-electron chi connectivity index (χ3n) is 2.63. The molecule has 2 N–H and O–H groups in total. The topological polar surface area (TPSA) is 75.6 Å². The van der Waals surface area contributed by atoms with Crippen LogP contribution < -0.4 is 5.32 Å². The molecular formula is C10H14F3NO4. The van der Waals surface area contributed by atoms with Crippen LogP contribution in [0.15, 0.2) is 0 Å². The van der Waals surface area contributed by atoms with Crippen LogP contribution in [-0.4, -0.2) is 41.9 Å². The van der Waals surface area contributed by atoms with Crippen molar-refractivity contribution in [2.75, 3.05) is 6.54 Å². The van der Waals surface area contributed by atoms with Gasteiger partial charge >= 0.3 is 18.1 Å². The highest BCUT2D eigenvalue weighted by atomic mass is 19.4. The van der Waals surface area contributed by atoms with Crippen molar-refractivity contribution in [3.63, 3.8) is 0 Å². The predicted octanol–water partition coefficient (Wildman–Crippen LogP) is 1.08. The summed E-state index contributed by atoms with van der Waals surface area (Å²) in [6.45, 7) is -0.101. The van der Waals surface area contributed by atoms with E-state index >= 15 is 0 Å². The van der Waals surface area contributed by atoms with Crippen LogP contribution in [0, 0.1) is 0 Å². The van der Waals surface area contributed by atoms with Crippen LogP contribution in [0.3, 0.4) is 0 Å². The maximum absolute atomic E-state index is 11.8. The number of carboxylic acid groups (broad SMARTS) is 1. The smallest absolute Gasteiger partial charge is 0.471 e. The molecule has 0 saturated carbocycles. The number of alkyl halides is 3. The van der Waals surface area contributed by atoms with Gasteiger partial charge in [0.25, 0.3) is 0 Å². The number of carboxylic acids is 1. The lowest BCUT2D eigenvalue weighted by atomic mass is 10.1. The number of ether oxygens (including phenoxy) is 1. The number of carbonyl (C=O) groups is 2. The van der Waals surface area contributed by atoms with Crippen LogP contribution in [0.5, 0.6) is 0 Å². The third kappa shape index (κ3) is 4.52. The highest BCUT2D eigenvalue weighted by Gasteiger charge is 2.38. The van der Waals surface area contributed by atoms with Crippen LogP contribution in [0.1, 0.15) is 25.7 Å². The Bertz CT molecular complexity index is 319. The molecule has 0 aliphatic carbocycles. The number of nitrogens with one attached hydrogen (secondary N) is 1. The summed E-state index contributed by atoms with van der Waals surface area (Å²) in [5.74, 6) is -2.99. The molecule has 0 aromatic rings. The molecule has 1 aliphatic heterocycles. The summed E-state index contributed by atoms with van der Waals surface area (Å²) in [7, 11) is 0. The Hall–Kier alpha value is -1.31. The van der Waals surface area contributed by atoms with E-state index in [1.807, 2.05) is 0 Å². The Balaban J connectivity index is 2.13. The number of hydrogen-bond acceptors (Lipinski definition) is 3.